The van der Waals surface area contributed by atoms with Crippen molar-refractivity contribution >= 4 is 23.6 Å². The van der Waals surface area contributed by atoms with E-state index in [0.29, 0.717) is 11.2 Å². The van der Waals surface area contributed by atoms with Gasteiger partial charge in [0.15, 0.2) is 0 Å². The van der Waals surface area contributed by atoms with Gasteiger partial charge in [-0.15, -0.1) is 0 Å². The van der Waals surface area contributed by atoms with Crippen molar-refractivity contribution in [2.75, 3.05) is 7.11 Å². The van der Waals surface area contributed by atoms with Gasteiger partial charge in [0.25, 0.3) is 6.49 Å². The molecule has 0 aromatic heterocycles. The zero-order chi connectivity index (χ0) is 12.0. The lowest BCUT2D eigenvalue weighted by molar-refractivity contribution is 0.0841. The van der Waals surface area contributed by atoms with Gasteiger partial charge in [-0.1, -0.05) is 18.2 Å². The summed E-state index contributed by atoms with van der Waals surface area (Å²) in [6.45, 7) is -1.27. The Hall–Kier alpha value is -0.870. The lowest BCUT2D eigenvalue weighted by Gasteiger charge is -2.19. The lowest BCUT2D eigenvalue weighted by Crippen LogP contribution is -2.15. The van der Waals surface area contributed by atoms with Gasteiger partial charge in [-0.3, -0.25) is 4.84 Å². The highest BCUT2D eigenvalue weighted by molar-refractivity contribution is 8.13. The average molecular weight is 259 g/mol. The van der Waals surface area contributed by atoms with Gasteiger partial charge in [-0.25, -0.2) is 5.48 Å². The summed E-state index contributed by atoms with van der Waals surface area (Å²) in [5.74, 6) is 0.303. The minimum Gasteiger partial charge on any atom is -0.423 e. The molecule has 4 nitrogen and oxygen atoms in total. The highest BCUT2D eigenvalue weighted by Gasteiger charge is 2.19. The van der Waals surface area contributed by atoms with Gasteiger partial charge >= 0.3 is 0 Å². The monoisotopic (exact) mass is 259 g/mol. The Labute approximate surface area is 100 Å². The zero-order valence-corrected chi connectivity index (χ0v) is 10.8. The Balaban J connectivity index is 2.84. The van der Waals surface area contributed by atoms with Gasteiger partial charge in [0.1, 0.15) is 0 Å². The topological polar surface area (TPSA) is 50.7 Å². The maximum absolute atomic E-state index is 10.1. The number of hydrogen-bond donors (Lipinski definition) is 2. The number of hydrogen-bond acceptors (Lipinski definition) is 4. The maximum atomic E-state index is 10.1. The summed E-state index contributed by atoms with van der Waals surface area (Å²) in [6, 6.07) is 8.93. The van der Waals surface area contributed by atoms with E-state index in [1.54, 1.807) is 37.3 Å². The van der Waals surface area contributed by atoms with Gasteiger partial charge in [0, 0.05) is 5.30 Å². The van der Waals surface area contributed by atoms with E-state index in [9.17, 15) is 4.89 Å². The van der Waals surface area contributed by atoms with Gasteiger partial charge < -0.3 is 9.42 Å². The molecule has 0 spiro atoms. The first-order chi connectivity index (χ1) is 7.60. The second kappa shape index (κ2) is 6.01. The van der Waals surface area contributed by atoms with Crippen LogP contribution in [-0.4, -0.2) is 12.0 Å². The number of allylic oxidation sites excluding steroid dienone is 1. The molecule has 0 aliphatic carbocycles. The summed E-state index contributed by atoms with van der Waals surface area (Å²) in [6.07, 6.45) is 1.63. The van der Waals surface area contributed by atoms with Gasteiger partial charge in [0.05, 0.1) is 7.11 Å². The van der Waals surface area contributed by atoms with E-state index >= 15 is 0 Å². The van der Waals surface area contributed by atoms with Crippen molar-refractivity contribution in [3.05, 3.63) is 42.3 Å². The third-order valence-electron chi connectivity index (χ3n) is 1.77. The van der Waals surface area contributed by atoms with Crippen molar-refractivity contribution in [1.82, 2.24) is 5.48 Å². The van der Waals surface area contributed by atoms with Gasteiger partial charge in [-0.2, -0.15) is 0 Å². The van der Waals surface area contributed by atoms with Crippen LogP contribution in [0.1, 0.15) is 6.92 Å². The molecule has 0 aliphatic rings. The summed E-state index contributed by atoms with van der Waals surface area (Å²) in [7, 11) is 1.45. The molecule has 1 atom stereocenters. The van der Waals surface area contributed by atoms with Crippen molar-refractivity contribution < 1.29 is 14.3 Å². The van der Waals surface area contributed by atoms with E-state index in [-0.39, 0.29) is 0 Å². The lowest BCUT2D eigenvalue weighted by atomic mass is 10.4. The largest absolute Gasteiger partial charge is 0.423 e. The second-order valence-electron chi connectivity index (χ2n) is 2.91. The molecule has 1 aromatic carbocycles. The molecule has 1 unspecified atom stereocenters. The number of nitrogens with one attached hydrogen (secondary N) is 1. The third kappa shape index (κ3) is 3.61. The minimum atomic E-state index is -3.02. The normalized spacial score (nSPS) is 15.3. The van der Waals surface area contributed by atoms with E-state index < -0.39 is 6.49 Å². The second-order valence-corrected chi connectivity index (χ2v) is 6.13. The first-order valence-corrected chi connectivity index (χ1v) is 7.30. The average Bonchev–Trinajstić information content (AvgIpc) is 2.29. The van der Waals surface area contributed by atoms with Gasteiger partial charge in [0.2, 0.25) is 5.88 Å². The Morgan fingerprint density at radius 1 is 1.44 bits per heavy atom. The van der Waals surface area contributed by atoms with Crippen LogP contribution in [0.3, 0.4) is 0 Å². The molecule has 0 heterocycles. The highest BCUT2D eigenvalue weighted by atomic mass is 32.5. The quantitative estimate of drug-likeness (QED) is 0.478. The summed E-state index contributed by atoms with van der Waals surface area (Å²) < 4.78 is 5.32. The third-order valence-corrected chi connectivity index (χ3v) is 4.02. The van der Waals surface area contributed by atoms with Crippen LogP contribution in [0.5, 0.6) is 0 Å². The molecule has 0 saturated heterocycles. The fourth-order valence-corrected chi connectivity index (χ4v) is 2.70. The van der Waals surface area contributed by atoms with Crippen LogP contribution in [-0.2, 0) is 21.2 Å². The van der Waals surface area contributed by atoms with Crippen molar-refractivity contribution in [3.63, 3.8) is 0 Å². The summed E-state index contributed by atoms with van der Waals surface area (Å²) in [5.41, 5.74) is 2.50. The predicted octanol–water partition coefficient (Wildman–Crippen LogP) is 1.64. The molecule has 0 saturated carbocycles. The van der Waals surface area contributed by atoms with Crippen LogP contribution >= 0.6 is 6.49 Å². The van der Waals surface area contributed by atoms with Crippen molar-refractivity contribution in [2.24, 2.45) is 0 Å². The molecule has 0 fully saturated rings. The van der Waals surface area contributed by atoms with Gasteiger partial charge in [-0.05, 0) is 36.9 Å². The molecule has 1 aromatic rings. The van der Waals surface area contributed by atoms with E-state index in [1.807, 2.05) is 6.07 Å². The van der Waals surface area contributed by atoms with E-state index in [2.05, 4.69) is 5.48 Å². The smallest absolute Gasteiger partial charge is 0.267 e. The number of hydroxylamine groups is 1. The van der Waals surface area contributed by atoms with Crippen molar-refractivity contribution in [1.29, 1.82) is 0 Å². The molecule has 16 heavy (non-hydrogen) atoms. The van der Waals surface area contributed by atoms with Crippen molar-refractivity contribution in [3.8, 4) is 0 Å². The molecular weight excluding hydrogens is 245 g/mol. The molecule has 6 heteroatoms. The molecule has 2 N–H and O–H groups in total. The Morgan fingerprint density at radius 3 is 2.56 bits per heavy atom. The van der Waals surface area contributed by atoms with E-state index in [4.69, 9.17) is 21.2 Å². The molecule has 0 amide bonds. The molecule has 1 rings (SSSR count). The zero-order valence-electron chi connectivity index (χ0n) is 9.08. The molecule has 0 radical (unpaired) electrons. The molecule has 88 valence electrons. The van der Waals surface area contributed by atoms with Crippen molar-refractivity contribution in [2.45, 2.75) is 6.92 Å². The fourth-order valence-electron chi connectivity index (χ4n) is 1.03. The van der Waals surface area contributed by atoms with Crippen LogP contribution < -0.4 is 10.8 Å². The Morgan fingerprint density at radius 2 is 2.06 bits per heavy atom. The number of rotatable bonds is 5. The molecule has 0 bridgehead atoms. The van der Waals surface area contributed by atoms with Crippen LogP contribution in [0.25, 0.3) is 0 Å². The fraction of sp³-hybridized carbons (Fsp3) is 0.200. The summed E-state index contributed by atoms with van der Waals surface area (Å²) in [5, 5.41) is 0.599. The van der Waals surface area contributed by atoms with Crippen LogP contribution in [0.2, 0.25) is 0 Å². The first-order valence-electron chi connectivity index (χ1n) is 4.63. The first kappa shape index (κ1) is 13.2. The van der Waals surface area contributed by atoms with Crippen LogP contribution in [0, 0.1) is 0 Å². The Kier molecular flexibility index (Phi) is 4.96. The summed E-state index contributed by atoms with van der Waals surface area (Å²) >= 11 is 5.07. The minimum absolute atomic E-state index is 0.303. The number of benzene rings is 1. The van der Waals surface area contributed by atoms with Crippen LogP contribution in [0.4, 0.5) is 0 Å². The van der Waals surface area contributed by atoms with E-state index in [0.717, 1.165) is 0 Å². The predicted molar refractivity (Wildman–Crippen MR) is 67.6 cm³/mol. The molecule has 0 aliphatic heterocycles. The van der Waals surface area contributed by atoms with Crippen LogP contribution in [0.15, 0.2) is 42.3 Å². The highest BCUT2D eigenvalue weighted by Crippen LogP contribution is 2.42. The molecular formula is C10H14NO3PS. The standard InChI is InChI=1S/C10H14NO3PS/c1-3-10(11-13-2)14-15(12,16)9-7-5-4-6-8-9/h3-8,11H,1-2H3,(H,12,16). The Bertz CT molecular complexity index is 408. The van der Waals surface area contributed by atoms with E-state index in [1.165, 1.54) is 7.11 Å². The summed E-state index contributed by atoms with van der Waals surface area (Å²) in [4.78, 5) is 14.8. The maximum Gasteiger partial charge on any atom is 0.267 e. The SMILES string of the molecule is CC=C(NOC)OP(O)(=S)c1ccccc1.